The van der Waals surface area contributed by atoms with Crippen molar-refractivity contribution in [3.63, 3.8) is 0 Å². The molecule has 1 aliphatic rings. The number of aryl methyl sites for hydroxylation is 1. The first-order valence-electron chi connectivity index (χ1n) is 11.5. The molecule has 1 unspecified atom stereocenters. The first-order valence-corrected chi connectivity index (χ1v) is 11.9. The zero-order valence-electron chi connectivity index (χ0n) is 20.4. The molecule has 2 aromatic heterocycles. The Balaban J connectivity index is 1.71. The van der Waals surface area contributed by atoms with Crippen molar-refractivity contribution >= 4 is 23.4 Å². The minimum Gasteiger partial charge on any atom is -0.403 e. The van der Waals surface area contributed by atoms with Gasteiger partial charge in [-0.15, -0.1) is 0 Å². The highest BCUT2D eigenvalue weighted by molar-refractivity contribution is 6.42. The number of rotatable bonds is 6. The molecule has 1 saturated heterocycles. The van der Waals surface area contributed by atoms with E-state index in [1.165, 1.54) is 17.3 Å². The van der Waals surface area contributed by atoms with Gasteiger partial charge in [0.25, 0.3) is 0 Å². The molecule has 0 aliphatic carbocycles. The molecule has 0 amide bonds. The van der Waals surface area contributed by atoms with Gasteiger partial charge in [0.05, 0.1) is 28.4 Å². The summed E-state index contributed by atoms with van der Waals surface area (Å²) in [4.78, 5) is 11.9. The Morgan fingerprint density at radius 3 is 2.21 bits per heavy atom. The number of likely N-dealkylation sites (tertiary alicyclic amines) is 1. The van der Waals surface area contributed by atoms with Crippen molar-refractivity contribution in [1.29, 1.82) is 5.41 Å². The van der Waals surface area contributed by atoms with Gasteiger partial charge in [-0.3, -0.25) is 10.1 Å². The number of anilines is 1. The van der Waals surface area contributed by atoms with E-state index in [1.54, 1.807) is 29.0 Å². The van der Waals surface area contributed by atoms with E-state index in [0.717, 1.165) is 11.8 Å². The number of nitrogens with one attached hydrogen (secondary N) is 1. The van der Waals surface area contributed by atoms with Crippen LogP contribution in [0.1, 0.15) is 23.1 Å². The van der Waals surface area contributed by atoms with Crippen LogP contribution in [0, 0.1) is 5.41 Å². The Morgan fingerprint density at radius 1 is 1.08 bits per heavy atom. The second-order valence-corrected chi connectivity index (χ2v) is 9.38. The second-order valence-electron chi connectivity index (χ2n) is 8.97. The SMILES string of the molecule is Cn1cc(-c2cnc(N(Cc3cc(C(F)(F)F)cc(C(F)(F)F)c3)C3CCN(C(=N)C(Cl)=CN)C3)nc2)cn1. The quantitative estimate of drug-likeness (QED) is 0.245. The van der Waals surface area contributed by atoms with Gasteiger partial charge in [0.2, 0.25) is 5.95 Å². The number of nitrogens with two attached hydrogens (primary N) is 1. The van der Waals surface area contributed by atoms with Gasteiger partial charge in [0, 0.05) is 62.6 Å². The summed E-state index contributed by atoms with van der Waals surface area (Å²) in [6.07, 6.45) is -2.13. The standard InChI is InChI=1S/C24H23ClF6N8/c1-37-12-16(10-36-37)15-8-34-22(35-9-15)39(19-2-3-38(13-19)21(33)20(25)7-32)11-14-4-17(23(26,27)28)6-18(5-14)24(29,30)31/h4-10,12,19,33H,2-3,11,13,32H2,1H3. The van der Waals surface area contributed by atoms with Crippen LogP contribution < -0.4 is 10.6 Å². The van der Waals surface area contributed by atoms with Crippen LogP contribution in [0.4, 0.5) is 32.3 Å². The summed E-state index contributed by atoms with van der Waals surface area (Å²) in [5, 5.41) is 12.3. The molecule has 0 spiro atoms. The van der Waals surface area contributed by atoms with Crippen LogP contribution in [0.3, 0.4) is 0 Å². The van der Waals surface area contributed by atoms with Crippen LogP contribution in [0.25, 0.3) is 11.1 Å². The van der Waals surface area contributed by atoms with Crippen LogP contribution >= 0.6 is 11.6 Å². The highest BCUT2D eigenvalue weighted by atomic mass is 35.5. The molecule has 15 heteroatoms. The van der Waals surface area contributed by atoms with Crippen molar-refractivity contribution in [1.82, 2.24) is 24.6 Å². The molecule has 208 valence electrons. The molecule has 1 fully saturated rings. The van der Waals surface area contributed by atoms with Crippen LogP contribution in [0.2, 0.25) is 0 Å². The van der Waals surface area contributed by atoms with Crippen molar-refractivity contribution in [2.75, 3.05) is 18.0 Å². The maximum Gasteiger partial charge on any atom is 0.416 e. The number of nitrogens with zero attached hydrogens (tertiary/aromatic N) is 6. The average Bonchev–Trinajstić information content (AvgIpc) is 3.55. The molecule has 0 radical (unpaired) electrons. The Bertz CT molecular complexity index is 1330. The number of benzene rings is 1. The van der Waals surface area contributed by atoms with Gasteiger partial charge in [0.1, 0.15) is 5.84 Å². The number of amidine groups is 1. The Hall–Kier alpha value is -3.81. The highest BCUT2D eigenvalue weighted by Crippen LogP contribution is 2.37. The molecular weight excluding hydrogens is 550 g/mol. The fourth-order valence-electron chi connectivity index (χ4n) is 4.29. The summed E-state index contributed by atoms with van der Waals surface area (Å²) in [7, 11) is 1.74. The summed E-state index contributed by atoms with van der Waals surface area (Å²) in [5.74, 6) is 0.0559. The van der Waals surface area contributed by atoms with Gasteiger partial charge in [0.15, 0.2) is 0 Å². The lowest BCUT2D eigenvalue weighted by Crippen LogP contribution is -2.39. The minimum atomic E-state index is -4.98. The summed E-state index contributed by atoms with van der Waals surface area (Å²) in [6.45, 7) is 0.210. The molecule has 3 N–H and O–H groups in total. The van der Waals surface area contributed by atoms with Crippen LogP contribution in [0.5, 0.6) is 0 Å². The fourth-order valence-corrected chi connectivity index (χ4v) is 4.41. The summed E-state index contributed by atoms with van der Waals surface area (Å²) >= 11 is 5.98. The van der Waals surface area contributed by atoms with Gasteiger partial charge in [-0.25, -0.2) is 9.97 Å². The Morgan fingerprint density at radius 2 is 1.69 bits per heavy atom. The highest BCUT2D eigenvalue weighted by Gasteiger charge is 2.38. The summed E-state index contributed by atoms with van der Waals surface area (Å²) < 4.78 is 82.5. The van der Waals surface area contributed by atoms with Crippen LogP contribution in [0.15, 0.2) is 54.2 Å². The maximum absolute atomic E-state index is 13.5. The van der Waals surface area contributed by atoms with Crippen molar-refractivity contribution in [3.05, 3.63) is 70.9 Å². The van der Waals surface area contributed by atoms with Crippen molar-refractivity contribution in [3.8, 4) is 11.1 Å². The van der Waals surface area contributed by atoms with E-state index < -0.39 is 29.5 Å². The molecule has 3 heterocycles. The molecule has 8 nitrogen and oxygen atoms in total. The number of alkyl halides is 6. The third-order valence-electron chi connectivity index (χ3n) is 6.23. The molecule has 0 saturated carbocycles. The second kappa shape index (κ2) is 10.8. The fraction of sp³-hybridized carbons (Fsp3) is 0.333. The van der Waals surface area contributed by atoms with E-state index in [0.29, 0.717) is 30.7 Å². The molecular formula is C24H23ClF6N8. The Kier molecular flexibility index (Phi) is 7.77. The lowest BCUT2D eigenvalue weighted by Gasteiger charge is -2.30. The summed E-state index contributed by atoms with van der Waals surface area (Å²) in [6, 6.07) is 1.01. The predicted molar refractivity (Wildman–Crippen MR) is 133 cm³/mol. The van der Waals surface area contributed by atoms with Crippen molar-refractivity contribution in [2.24, 2.45) is 12.8 Å². The Labute approximate surface area is 224 Å². The lowest BCUT2D eigenvalue weighted by molar-refractivity contribution is -0.143. The van der Waals surface area contributed by atoms with E-state index >= 15 is 0 Å². The van der Waals surface area contributed by atoms with E-state index in [4.69, 9.17) is 22.7 Å². The molecule has 1 atom stereocenters. The maximum atomic E-state index is 13.5. The zero-order chi connectivity index (χ0) is 28.5. The van der Waals surface area contributed by atoms with Gasteiger partial charge < -0.3 is 15.5 Å². The normalized spacial score (nSPS) is 16.6. The lowest BCUT2D eigenvalue weighted by atomic mass is 10.0. The van der Waals surface area contributed by atoms with Gasteiger partial charge in [-0.05, 0) is 30.2 Å². The van der Waals surface area contributed by atoms with Gasteiger partial charge in [-0.2, -0.15) is 31.4 Å². The third-order valence-corrected chi connectivity index (χ3v) is 6.53. The molecule has 1 aliphatic heterocycles. The first kappa shape index (κ1) is 28.2. The number of hydrogen-bond donors (Lipinski definition) is 2. The number of hydrogen-bond acceptors (Lipinski definition) is 6. The predicted octanol–water partition coefficient (Wildman–Crippen LogP) is 5.01. The molecule has 3 aromatic rings. The van der Waals surface area contributed by atoms with E-state index in [1.807, 2.05) is 0 Å². The smallest absolute Gasteiger partial charge is 0.403 e. The first-order chi connectivity index (χ1) is 18.3. The zero-order valence-corrected chi connectivity index (χ0v) is 21.2. The van der Waals surface area contributed by atoms with Gasteiger partial charge >= 0.3 is 12.4 Å². The van der Waals surface area contributed by atoms with Crippen molar-refractivity contribution in [2.45, 2.75) is 31.4 Å². The van der Waals surface area contributed by atoms with E-state index in [-0.39, 0.29) is 41.5 Å². The third kappa shape index (κ3) is 6.44. The largest absolute Gasteiger partial charge is 0.416 e. The monoisotopic (exact) mass is 572 g/mol. The molecule has 1 aromatic carbocycles. The average molecular weight is 573 g/mol. The van der Waals surface area contributed by atoms with Gasteiger partial charge in [-0.1, -0.05) is 11.6 Å². The minimum absolute atomic E-state index is 0.00645. The summed E-state index contributed by atoms with van der Waals surface area (Å²) in [5.41, 5.74) is 3.73. The number of halogens is 7. The molecule has 4 rings (SSSR count). The van der Waals surface area contributed by atoms with Crippen LogP contribution in [-0.2, 0) is 25.9 Å². The number of aromatic nitrogens is 4. The molecule has 0 bridgehead atoms. The van der Waals surface area contributed by atoms with Crippen LogP contribution in [-0.4, -0.2) is 49.6 Å². The van der Waals surface area contributed by atoms with E-state index in [9.17, 15) is 26.3 Å². The topological polar surface area (TPSA) is 100.0 Å². The van der Waals surface area contributed by atoms with Crippen molar-refractivity contribution < 1.29 is 26.3 Å². The van der Waals surface area contributed by atoms with E-state index in [2.05, 4.69) is 15.1 Å². The molecule has 39 heavy (non-hydrogen) atoms.